The van der Waals surface area contributed by atoms with Gasteiger partial charge in [-0.25, -0.2) is 4.98 Å². The third-order valence-electron chi connectivity index (χ3n) is 4.76. The molecule has 0 radical (unpaired) electrons. The monoisotopic (exact) mass is 342 g/mol. The predicted molar refractivity (Wildman–Crippen MR) is 96.1 cm³/mol. The summed E-state index contributed by atoms with van der Waals surface area (Å²) < 4.78 is 0. The second-order valence-electron chi connectivity index (χ2n) is 6.67. The number of likely N-dealkylation sites (tertiary alicyclic amines) is 1. The second-order valence-corrected chi connectivity index (χ2v) is 6.67. The van der Waals surface area contributed by atoms with Gasteiger partial charge in [-0.3, -0.25) is 4.79 Å². The van der Waals surface area contributed by atoms with Crippen LogP contribution in [0.4, 0.5) is 0 Å². The standard InChI is InChI=1S/C19H26N4O2/c24-18-19(25,14-20-10-7-17-13-21-15-22-17)9-4-11-23(18)12-8-16-5-2-1-3-6-16/h1-3,5-6,13,15,20,25H,4,7-12,14H2,(H,21,22). The Morgan fingerprint density at radius 2 is 2.12 bits per heavy atom. The molecule has 1 amide bonds. The summed E-state index contributed by atoms with van der Waals surface area (Å²) in [4.78, 5) is 21.5. The van der Waals surface area contributed by atoms with Crippen LogP contribution in [0.25, 0.3) is 0 Å². The van der Waals surface area contributed by atoms with Gasteiger partial charge in [0.15, 0.2) is 5.60 Å². The van der Waals surface area contributed by atoms with E-state index in [-0.39, 0.29) is 5.91 Å². The van der Waals surface area contributed by atoms with Gasteiger partial charge >= 0.3 is 0 Å². The number of benzene rings is 1. The summed E-state index contributed by atoms with van der Waals surface area (Å²) in [5, 5.41) is 14.0. The van der Waals surface area contributed by atoms with E-state index in [2.05, 4.69) is 27.4 Å². The van der Waals surface area contributed by atoms with Crippen molar-refractivity contribution in [3.05, 3.63) is 54.1 Å². The van der Waals surface area contributed by atoms with Gasteiger partial charge in [-0.2, -0.15) is 0 Å². The average Bonchev–Trinajstić information content (AvgIpc) is 3.15. The molecule has 2 heterocycles. The summed E-state index contributed by atoms with van der Waals surface area (Å²) in [6, 6.07) is 10.1. The molecule has 1 aromatic carbocycles. The molecule has 6 nitrogen and oxygen atoms in total. The van der Waals surface area contributed by atoms with Gasteiger partial charge in [0.05, 0.1) is 6.33 Å². The Morgan fingerprint density at radius 1 is 1.28 bits per heavy atom. The lowest BCUT2D eigenvalue weighted by atomic mass is 9.91. The lowest BCUT2D eigenvalue weighted by Crippen LogP contribution is -2.58. The zero-order valence-corrected chi connectivity index (χ0v) is 14.4. The topological polar surface area (TPSA) is 81.2 Å². The Hall–Kier alpha value is -2.18. The van der Waals surface area contributed by atoms with Crippen molar-refractivity contribution in [3.8, 4) is 0 Å². The van der Waals surface area contributed by atoms with Crippen LogP contribution in [0.3, 0.4) is 0 Å². The van der Waals surface area contributed by atoms with E-state index in [0.29, 0.717) is 26.1 Å². The number of aliphatic hydroxyl groups is 1. The van der Waals surface area contributed by atoms with Crippen molar-refractivity contribution >= 4 is 5.91 Å². The summed E-state index contributed by atoms with van der Waals surface area (Å²) in [7, 11) is 0. The lowest BCUT2D eigenvalue weighted by Gasteiger charge is -2.38. The molecule has 2 aromatic rings. The highest BCUT2D eigenvalue weighted by molar-refractivity contribution is 5.86. The highest BCUT2D eigenvalue weighted by Crippen LogP contribution is 2.22. The average molecular weight is 342 g/mol. The van der Waals surface area contributed by atoms with Gasteiger partial charge in [-0.15, -0.1) is 0 Å². The maximum absolute atomic E-state index is 12.7. The summed E-state index contributed by atoms with van der Waals surface area (Å²) in [5.74, 6) is -0.149. The number of imidazole rings is 1. The highest BCUT2D eigenvalue weighted by atomic mass is 16.3. The normalized spacial score (nSPS) is 20.8. The van der Waals surface area contributed by atoms with Crippen molar-refractivity contribution in [2.75, 3.05) is 26.2 Å². The third kappa shape index (κ3) is 4.67. The number of aromatic amines is 1. The fourth-order valence-corrected chi connectivity index (χ4v) is 3.29. The molecule has 6 heteroatoms. The Morgan fingerprint density at radius 3 is 2.88 bits per heavy atom. The number of carbonyl (C=O) groups excluding carboxylic acids is 1. The van der Waals surface area contributed by atoms with Gasteiger partial charge < -0.3 is 20.3 Å². The molecule has 3 N–H and O–H groups in total. The quantitative estimate of drug-likeness (QED) is 0.629. The van der Waals surface area contributed by atoms with Crippen molar-refractivity contribution < 1.29 is 9.90 Å². The van der Waals surface area contributed by atoms with Crippen molar-refractivity contribution in [3.63, 3.8) is 0 Å². The molecule has 1 unspecified atom stereocenters. The summed E-state index contributed by atoms with van der Waals surface area (Å²) in [5.41, 5.74) is 0.962. The van der Waals surface area contributed by atoms with Crippen LogP contribution in [0.5, 0.6) is 0 Å². The summed E-state index contributed by atoms with van der Waals surface area (Å²) in [6.45, 7) is 2.37. The number of H-pyrrole nitrogens is 1. The van der Waals surface area contributed by atoms with Crippen LogP contribution in [0.2, 0.25) is 0 Å². The van der Waals surface area contributed by atoms with Crippen molar-refractivity contribution in [2.24, 2.45) is 0 Å². The molecule has 0 aliphatic carbocycles. The molecular formula is C19H26N4O2. The smallest absolute Gasteiger partial charge is 0.255 e. The van der Waals surface area contributed by atoms with Crippen LogP contribution in [-0.2, 0) is 17.6 Å². The number of carbonyl (C=O) groups is 1. The fourth-order valence-electron chi connectivity index (χ4n) is 3.29. The van der Waals surface area contributed by atoms with Gasteiger partial charge in [-0.1, -0.05) is 30.3 Å². The van der Waals surface area contributed by atoms with Crippen LogP contribution >= 0.6 is 0 Å². The minimum atomic E-state index is -1.29. The fraction of sp³-hybridized carbons (Fsp3) is 0.474. The molecule has 0 bridgehead atoms. The summed E-state index contributed by atoms with van der Waals surface area (Å²) >= 11 is 0. The third-order valence-corrected chi connectivity index (χ3v) is 4.76. The first kappa shape index (κ1) is 17.6. The van der Waals surface area contributed by atoms with E-state index in [4.69, 9.17) is 0 Å². The number of nitrogens with zero attached hydrogens (tertiary/aromatic N) is 2. The number of hydrogen-bond donors (Lipinski definition) is 3. The van der Waals surface area contributed by atoms with E-state index in [9.17, 15) is 9.90 Å². The molecule has 1 aliphatic rings. The molecular weight excluding hydrogens is 316 g/mol. The Labute approximate surface area is 148 Å². The van der Waals surface area contributed by atoms with E-state index in [1.54, 1.807) is 17.4 Å². The predicted octanol–water partition coefficient (Wildman–Crippen LogP) is 1.14. The maximum atomic E-state index is 12.7. The van der Waals surface area contributed by atoms with Gasteiger partial charge in [-0.05, 0) is 24.8 Å². The van der Waals surface area contributed by atoms with Crippen LogP contribution in [-0.4, -0.2) is 57.7 Å². The van der Waals surface area contributed by atoms with E-state index in [1.807, 2.05) is 18.2 Å². The minimum absolute atomic E-state index is 0.149. The molecule has 0 saturated carbocycles. The zero-order valence-electron chi connectivity index (χ0n) is 14.4. The van der Waals surface area contributed by atoms with Gasteiger partial charge in [0.25, 0.3) is 5.91 Å². The van der Waals surface area contributed by atoms with E-state index in [0.717, 1.165) is 31.5 Å². The summed E-state index contributed by atoms with van der Waals surface area (Å²) in [6.07, 6.45) is 6.40. The maximum Gasteiger partial charge on any atom is 0.255 e. The minimum Gasteiger partial charge on any atom is -0.379 e. The molecule has 1 fully saturated rings. The van der Waals surface area contributed by atoms with Gasteiger partial charge in [0, 0.05) is 44.5 Å². The van der Waals surface area contributed by atoms with Gasteiger partial charge in [0.1, 0.15) is 0 Å². The molecule has 25 heavy (non-hydrogen) atoms. The Kier molecular flexibility index (Phi) is 5.83. The van der Waals surface area contributed by atoms with Crippen LogP contribution in [0.1, 0.15) is 24.1 Å². The Bertz CT molecular complexity index is 659. The Balaban J connectivity index is 1.47. The number of hydrogen-bond acceptors (Lipinski definition) is 4. The first-order valence-corrected chi connectivity index (χ1v) is 8.91. The van der Waals surface area contributed by atoms with Crippen molar-refractivity contribution in [2.45, 2.75) is 31.3 Å². The number of piperidine rings is 1. The van der Waals surface area contributed by atoms with Crippen LogP contribution < -0.4 is 5.32 Å². The second kappa shape index (κ2) is 8.27. The largest absolute Gasteiger partial charge is 0.379 e. The number of amides is 1. The number of aromatic nitrogens is 2. The molecule has 1 aromatic heterocycles. The molecule has 1 saturated heterocycles. The molecule has 0 spiro atoms. The highest BCUT2D eigenvalue weighted by Gasteiger charge is 2.41. The SMILES string of the molecule is O=C1N(CCc2ccccc2)CCCC1(O)CNCCc1cnc[nH]1. The molecule has 3 rings (SSSR count). The van der Waals surface area contributed by atoms with Crippen LogP contribution in [0.15, 0.2) is 42.9 Å². The van der Waals surface area contributed by atoms with E-state index >= 15 is 0 Å². The van der Waals surface area contributed by atoms with Crippen molar-refractivity contribution in [1.29, 1.82) is 0 Å². The molecule has 1 atom stereocenters. The zero-order chi connectivity index (χ0) is 17.5. The number of rotatable bonds is 8. The lowest BCUT2D eigenvalue weighted by molar-refractivity contribution is -0.156. The number of nitrogens with one attached hydrogen (secondary N) is 2. The van der Waals surface area contributed by atoms with E-state index < -0.39 is 5.60 Å². The van der Waals surface area contributed by atoms with E-state index in [1.165, 1.54) is 5.56 Å². The first-order valence-electron chi connectivity index (χ1n) is 8.91. The van der Waals surface area contributed by atoms with Crippen molar-refractivity contribution in [1.82, 2.24) is 20.2 Å². The van der Waals surface area contributed by atoms with Gasteiger partial charge in [0.2, 0.25) is 0 Å². The van der Waals surface area contributed by atoms with Crippen LogP contribution in [0, 0.1) is 0 Å². The molecule has 1 aliphatic heterocycles. The first-order chi connectivity index (χ1) is 12.2. The molecule has 134 valence electrons.